The molecule has 0 aliphatic heterocycles. The van der Waals surface area contributed by atoms with E-state index >= 15 is 0 Å². The van der Waals surface area contributed by atoms with E-state index in [-0.39, 0.29) is 5.41 Å². The molecule has 0 fully saturated rings. The number of hydrogen-bond donors (Lipinski definition) is 0. The molecular weight excluding hydrogens is 555 g/mol. The minimum atomic E-state index is -0.0725. The van der Waals surface area contributed by atoms with Gasteiger partial charge in [0, 0.05) is 22.5 Å². The van der Waals surface area contributed by atoms with Gasteiger partial charge < -0.3 is 4.90 Å². The van der Waals surface area contributed by atoms with Crippen LogP contribution in [0.5, 0.6) is 0 Å². The van der Waals surface area contributed by atoms with Crippen molar-refractivity contribution in [3.05, 3.63) is 175 Å². The highest BCUT2D eigenvalue weighted by molar-refractivity contribution is 6.06. The van der Waals surface area contributed by atoms with E-state index in [9.17, 15) is 0 Å². The van der Waals surface area contributed by atoms with E-state index in [1.54, 1.807) is 0 Å². The second-order valence-corrected chi connectivity index (χ2v) is 13.0. The lowest BCUT2D eigenvalue weighted by Crippen LogP contribution is -2.15. The van der Waals surface area contributed by atoms with Gasteiger partial charge in [0.05, 0.1) is 0 Å². The van der Waals surface area contributed by atoms with E-state index in [0.29, 0.717) is 0 Å². The van der Waals surface area contributed by atoms with Crippen molar-refractivity contribution in [3.63, 3.8) is 0 Å². The van der Waals surface area contributed by atoms with E-state index in [4.69, 9.17) is 0 Å². The summed E-state index contributed by atoms with van der Waals surface area (Å²) in [7, 11) is 0. The molecule has 1 nitrogen and oxygen atoms in total. The van der Waals surface area contributed by atoms with Crippen molar-refractivity contribution < 1.29 is 0 Å². The first-order chi connectivity index (χ1) is 22.6. The van der Waals surface area contributed by atoms with E-state index in [0.717, 1.165) is 17.1 Å². The molecule has 1 heteroatoms. The van der Waals surface area contributed by atoms with Crippen LogP contribution in [-0.4, -0.2) is 0 Å². The quantitative estimate of drug-likeness (QED) is 0.198. The van der Waals surface area contributed by atoms with Crippen LogP contribution in [-0.2, 0) is 5.41 Å². The van der Waals surface area contributed by atoms with E-state index in [2.05, 4.69) is 183 Å². The number of anilines is 3. The zero-order valence-corrected chi connectivity index (χ0v) is 26.0. The first kappa shape index (κ1) is 26.7. The van der Waals surface area contributed by atoms with E-state index in [1.165, 1.54) is 65.7 Å². The monoisotopic (exact) mass is 587 g/mol. The molecule has 0 saturated heterocycles. The van der Waals surface area contributed by atoms with Crippen LogP contribution in [0.15, 0.2) is 164 Å². The molecule has 0 bridgehead atoms. The highest BCUT2D eigenvalue weighted by atomic mass is 15.1. The van der Waals surface area contributed by atoms with Crippen molar-refractivity contribution in [1.29, 1.82) is 0 Å². The normalized spacial score (nSPS) is 13.2. The van der Waals surface area contributed by atoms with Crippen molar-refractivity contribution in [1.82, 2.24) is 0 Å². The molecule has 9 rings (SSSR count). The van der Waals surface area contributed by atoms with Crippen molar-refractivity contribution in [3.8, 4) is 22.3 Å². The van der Waals surface area contributed by atoms with Crippen molar-refractivity contribution in [2.45, 2.75) is 19.3 Å². The fourth-order valence-electron chi connectivity index (χ4n) is 7.76. The van der Waals surface area contributed by atoms with Crippen LogP contribution < -0.4 is 4.90 Å². The van der Waals surface area contributed by atoms with Crippen LogP contribution in [0.4, 0.5) is 17.1 Å². The minimum Gasteiger partial charge on any atom is -0.310 e. The van der Waals surface area contributed by atoms with Gasteiger partial charge in [-0.15, -0.1) is 0 Å². The Morgan fingerprint density at radius 3 is 1.80 bits per heavy atom. The molecule has 8 aromatic rings. The third-order valence-electron chi connectivity index (χ3n) is 9.94. The fraction of sp³-hybridized carbons (Fsp3) is 0.0667. The third-order valence-corrected chi connectivity index (χ3v) is 9.94. The molecule has 0 radical (unpaired) electrons. The van der Waals surface area contributed by atoms with Gasteiger partial charge >= 0.3 is 0 Å². The highest BCUT2D eigenvalue weighted by Gasteiger charge is 2.38. The lowest BCUT2D eigenvalue weighted by Gasteiger charge is -2.26. The van der Waals surface area contributed by atoms with Gasteiger partial charge in [-0.1, -0.05) is 129 Å². The topological polar surface area (TPSA) is 3.24 Å². The minimum absolute atomic E-state index is 0.0725. The summed E-state index contributed by atoms with van der Waals surface area (Å²) in [6.07, 6.45) is 0. The predicted molar refractivity (Wildman–Crippen MR) is 197 cm³/mol. The van der Waals surface area contributed by atoms with Crippen LogP contribution in [0.2, 0.25) is 0 Å². The maximum absolute atomic E-state index is 2.40. The molecular formula is C45H33N. The predicted octanol–water partition coefficient (Wildman–Crippen LogP) is 12.6. The van der Waals surface area contributed by atoms with Gasteiger partial charge in [0.15, 0.2) is 0 Å². The molecule has 8 aromatic carbocycles. The Morgan fingerprint density at radius 1 is 0.413 bits per heavy atom. The molecule has 0 unspecified atom stereocenters. The smallest absolute Gasteiger partial charge is 0.0468 e. The molecule has 0 saturated carbocycles. The first-order valence-corrected chi connectivity index (χ1v) is 16.1. The number of para-hydroxylation sites is 1. The summed E-state index contributed by atoms with van der Waals surface area (Å²) in [4.78, 5) is 2.36. The molecule has 1 aliphatic rings. The van der Waals surface area contributed by atoms with E-state index in [1.807, 2.05) is 0 Å². The zero-order chi connectivity index (χ0) is 30.8. The summed E-state index contributed by atoms with van der Waals surface area (Å²) in [5, 5.41) is 7.58. The van der Waals surface area contributed by atoms with Crippen molar-refractivity contribution in [2.75, 3.05) is 4.90 Å². The molecule has 218 valence electrons. The molecule has 46 heavy (non-hydrogen) atoms. The molecule has 0 amide bonds. The van der Waals surface area contributed by atoms with Gasteiger partial charge in [0.1, 0.15) is 0 Å². The molecule has 0 aromatic heterocycles. The second kappa shape index (κ2) is 10.2. The summed E-state index contributed by atoms with van der Waals surface area (Å²) in [6, 6.07) is 60.1. The first-order valence-electron chi connectivity index (χ1n) is 16.1. The molecule has 0 N–H and O–H groups in total. The van der Waals surface area contributed by atoms with Crippen LogP contribution in [0.25, 0.3) is 54.6 Å². The molecule has 0 heterocycles. The maximum atomic E-state index is 2.40. The SMILES string of the molecule is CC1(C)c2ccccc2-c2c(-c3ccc4cc(N(c5ccccc5)c5ccc6ccccc6c5)ccc4c3)cc3ccccc3c21. The van der Waals surface area contributed by atoms with Gasteiger partial charge in [-0.05, 0) is 114 Å². The standard InChI is InChI=1S/C45H33N/c1-45(2)42-19-11-10-18-40(42)43-41(29-34-14-8-9-17-39(34)44(43)45)35-21-20-33-28-38(25-23-32(33)26-35)46(36-15-4-3-5-16-36)37-24-22-30-12-6-7-13-31(30)27-37/h3-29H,1-2H3. The van der Waals surface area contributed by atoms with E-state index < -0.39 is 0 Å². The molecule has 0 spiro atoms. The van der Waals surface area contributed by atoms with Crippen LogP contribution in [0.1, 0.15) is 25.0 Å². The van der Waals surface area contributed by atoms with Crippen molar-refractivity contribution >= 4 is 49.4 Å². The number of benzene rings is 8. The number of fused-ring (bicyclic) bond motifs is 7. The summed E-state index contributed by atoms with van der Waals surface area (Å²) >= 11 is 0. The lowest BCUT2D eigenvalue weighted by molar-refractivity contribution is 0.666. The van der Waals surface area contributed by atoms with Crippen molar-refractivity contribution in [2.24, 2.45) is 0 Å². The Labute approximate surface area is 270 Å². The van der Waals surface area contributed by atoms with Gasteiger partial charge in [-0.25, -0.2) is 0 Å². The van der Waals surface area contributed by atoms with Gasteiger partial charge in [-0.3, -0.25) is 0 Å². The van der Waals surface area contributed by atoms with Gasteiger partial charge in [0.25, 0.3) is 0 Å². The zero-order valence-electron chi connectivity index (χ0n) is 26.0. The average Bonchev–Trinajstić information content (AvgIpc) is 3.35. The van der Waals surface area contributed by atoms with Gasteiger partial charge in [-0.2, -0.15) is 0 Å². The summed E-state index contributed by atoms with van der Waals surface area (Å²) < 4.78 is 0. The third kappa shape index (κ3) is 4.09. The maximum Gasteiger partial charge on any atom is 0.0468 e. The van der Waals surface area contributed by atoms with Gasteiger partial charge in [0.2, 0.25) is 0 Å². The molecule has 0 atom stereocenters. The Hall–Kier alpha value is -5.66. The highest BCUT2D eigenvalue weighted by Crippen LogP contribution is 2.55. The Kier molecular flexibility index (Phi) is 5.92. The summed E-state index contributed by atoms with van der Waals surface area (Å²) in [5.41, 5.74) is 11.5. The number of nitrogens with zero attached hydrogens (tertiary/aromatic N) is 1. The Morgan fingerprint density at radius 2 is 1.00 bits per heavy atom. The Bertz CT molecular complexity index is 2450. The summed E-state index contributed by atoms with van der Waals surface area (Å²) in [5.74, 6) is 0. The average molecular weight is 588 g/mol. The van der Waals surface area contributed by atoms with Crippen LogP contribution in [0.3, 0.4) is 0 Å². The molecule has 1 aliphatic carbocycles. The number of hydrogen-bond acceptors (Lipinski definition) is 1. The lowest BCUT2D eigenvalue weighted by atomic mass is 9.79. The summed E-state index contributed by atoms with van der Waals surface area (Å²) in [6.45, 7) is 4.76. The number of rotatable bonds is 4. The Balaban J connectivity index is 1.21. The fourth-order valence-corrected chi connectivity index (χ4v) is 7.76. The van der Waals surface area contributed by atoms with Crippen LogP contribution >= 0.6 is 0 Å². The van der Waals surface area contributed by atoms with Crippen LogP contribution in [0, 0.1) is 0 Å². The second-order valence-electron chi connectivity index (χ2n) is 13.0. The largest absolute Gasteiger partial charge is 0.310 e.